The monoisotopic (exact) mass is 250 g/mol. The zero-order chi connectivity index (χ0) is 13.2. The van der Waals surface area contributed by atoms with E-state index in [0.29, 0.717) is 5.56 Å². The second-order valence-corrected chi connectivity index (χ2v) is 4.00. The van der Waals surface area contributed by atoms with E-state index in [1.54, 1.807) is 30.3 Å². The number of hydrogen-bond acceptors (Lipinski definition) is 2. The lowest BCUT2D eigenvalue weighted by Gasteiger charge is -2.29. The molecule has 0 bridgehead atoms. The molecule has 1 aromatic carbocycles. The molecule has 2 nitrogen and oxygen atoms in total. The first-order valence-corrected chi connectivity index (χ1v) is 5.44. The van der Waals surface area contributed by atoms with Crippen LogP contribution in [-0.2, 0) is 9.53 Å². The van der Waals surface area contributed by atoms with Gasteiger partial charge in [-0.15, -0.1) is 0 Å². The van der Waals surface area contributed by atoms with Crippen LogP contribution in [0.3, 0.4) is 0 Å². The lowest BCUT2D eigenvalue weighted by molar-refractivity contribution is -0.128. The van der Waals surface area contributed by atoms with Crippen molar-refractivity contribution in [1.82, 2.24) is 0 Å². The quantitative estimate of drug-likeness (QED) is 0.771. The molecule has 94 valence electrons. The van der Waals surface area contributed by atoms with Crippen LogP contribution in [0.4, 0.5) is 8.78 Å². The summed E-state index contributed by atoms with van der Waals surface area (Å²) in [6, 6.07) is 8.59. The summed E-state index contributed by atoms with van der Waals surface area (Å²) < 4.78 is 32.8. The summed E-state index contributed by atoms with van der Waals surface area (Å²) in [4.78, 5) is 10.9. The molecule has 0 spiro atoms. The average molecular weight is 250 g/mol. The molecule has 1 aliphatic rings. The topological polar surface area (TPSA) is 26.3 Å². The minimum Gasteiger partial charge on any atom is -0.363 e. The molecule has 1 aliphatic carbocycles. The molecule has 0 saturated heterocycles. The Morgan fingerprint density at radius 2 is 2.00 bits per heavy atom. The van der Waals surface area contributed by atoms with Gasteiger partial charge < -0.3 is 4.74 Å². The van der Waals surface area contributed by atoms with Gasteiger partial charge in [-0.25, -0.2) is 8.78 Å². The van der Waals surface area contributed by atoms with Crippen LogP contribution in [0.25, 0.3) is 5.57 Å². The van der Waals surface area contributed by atoms with Crippen molar-refractivity contribution in [1.29, 1.82) is 0 Å². The normalized spacial score (nSPS) is 27.4. The molecule has 2 unspecified atom stereocenters. The highest BCUT2D eigenvalue weighted by atomic mass is 19.2. The third kappa shape index (κ3) is 1.88. The highest BCUT2D eigenvalue weighted by molar-refractivity contribution is 5.82. The first-order valence-electron chi connectivity index (χ1n) is 5.44. The molecule has 18 heavy (non-hydrogen) atoms. The summed E-state index contributed by atoms with van der Waals surface area (Å²) in [6.45, 7) is 0. The van der Waals surface area contributed by atoms with E-state index in [4.69, 9.17) is 4.74 Å². The highest BCUT2D eigenvalue weighted by Crippen LogP contribution is 2.36. The first kappa shape index (κ1) is 12.6. The number of allylic oxidation sites excluding steroid dienone is 2. The van der Waals surface area contributed by atoms with E-state index in [9.17, 15) is 13.6 Å². The zero-order valence-electron chi connectivity index (χ0n) is 9.77. The lowest BCUT2D eigenvalue weighted by atomic mass is 9.88. The lowest BCUT2D eigenvalue weighted by Crippen LogP contribution is -2.43. The van der Waals surface area contributed by atoms with Crippen LogP contribution in [0.2, 0.25) is 0 Å². The zero-order valence-corrected chi connectivity index (χ0v) is 9.77. The van der Waals surface area contributed by atoms with E-state index in [1.165, 1.54) is 19.3 Å². The highest BCUT2D eigenvalue weighted by Gasteiger charge is 2.43. The molecule has 0 saturated carbocycles. The van der Waals surface area contributed by atoms with Gasteiger partial charge in [-0.05, 0) is 11.6 Å². The Morgan fingerprint density at radius 1 is 1.33 bits per heavy atom. The number of carbonyl (C=O) groups is 1. The second-order valence-electron chi connectivity index (χ2n) is 4.00. The van der Waals surface area contributed by atoms with Crippen molar-refractivity contribution >= 4 is 11.9 Å². The Hall–Kier alpha value is -1.81. The van der Waals surface area contributed by atoms with E-state index < -0.39 is 17.6 Å². The molecule has 0 aliphatic heterocycles. The molecular formula is C14H12F2O2. The fourth-order valence-electron chi connectivity index (χ4n) is 1.88. The van der Waals surface area contributed by atoms with Crippen molar-refractivity contribution in [3.63, 3.8) is 0 Å². The molecular weight excluding hydrogens is 238 g/mol. The van der Waals surface area contributed by atoms with E-state index >= 15 is 0 Å². The number of hydrogen-bond donors (Lipinski definition) is 0. The van der Waals surface area contributed by atoms with Crippen molar-refractivity contribution in [2.45, 2.75) is 11.8 Å². The SMILES string of the molecule is COC1(C=O)C=CC(c2ccccc2)=C(F)C1F. The number of alkyl halides is 1. The summed E-state index contributed by atoms with van der Waals surface area (Å²) in [7, 11) is 1.17. The van der Waals surface area contributed by atoms with Crippen molar-refractivity contribution in [2.24, 2.45) is 0 Å². The smallest absolute Gasteiger partial charge is 0.191 e. The van der Waals surface area contributed by atoms with Crippen LogP contribution in [0.1, 0.15) is 5.56 Å². The standard InChI is InChI=1S/C14H12F2O2/c1-18-14(9-17)8-7-11(12(15)13(14)16)10-5-3-2-4-6-10/h2-9,13H,1H3. The Labute approximate surface area is 104 Å². The maximum Gasteiger partial charge on any atom is 0.191 e. The van der Waals surface area contributed by atoms with Crippen LogP contribution >= 0.6 is 0 Å². The van der Waals surface area contributed by atoms with Gasteiger partial charge in [-0.1, -0.05) is 36.4 Å². The molecule has 0 N–H and O–H groups in total. The van der Waals surface area contributed by atoms with Crippen LogP contribution in [0.5, 0.6) is 0 Å². The summed E-state index contributed by atoms with van der Waals surface area (Å²) in [5.74, 6) is -0.988. The van der Waals surface area contributed by atoms with E-state index in [0.717, 1.165) is 0 Å². The summed E-state index contributed by atoms with van der Waals surface area (Å²) in [6.07, 6.45) is 0.768. The molecule has 0 fully saturated rings. The van der Waals surface area contributed by atoms with Crippen molar-refractivity contribution in [3.8, 4) is 0 Å². The van der Waals surface area contributed by atoms with Crippen LogP contribution in [-0.4, -0.2) is 25.2 Å². The maximum atomic E-state index is 14.0. The van der Waals surface area contributed by atoms with Gasteiger partial charge in [0.05, 0.1) is 0 Å². The van der Waals surface area contributed by atoms with Gasteiger partial charge >= 0.3 is 0 Å². The molecule has 0 amide bonds. The molecule has 2 atom stereocenters. The van der Waals surface area contributed by atoms with Crippen molar-refractivity contribution in [2.75, 3.05) is 7.11 Å². The third-order valence-corrected chi connectivity index (χ3v) is 3.01. The van der Waals surface area contributed by atoms with Gasteiger partial charge in [0.2, 0.25) is 0 Å². The molecule has 0 radical (unpaired) electrons. The Balaban J connectivity index is 2.46. The van der Waals surface area contributed by atoms with Gasteiger partial charge in [-0.2, -0.15) is 0 Å². The molecule has 4 heteroatoms. The number of aldehydes is 1. The number of benzene rings is 1. The molecule has 0 aromatic heterocycles. The van der Waals surface area contributed by atoms with E-state index in [1.807, 2.05) is 0 Å². The second kappa shape index (κ2) is 4.82. The Morgan fingerprint density at radius 3 is 2.56 bits per heavy atom. The molecule has 1 aromatic rings. The van der Waals surface area contributed by atoms with E-state index in [-0.39, 0.29) is 11.9 Å². The Bertz CT molecular complexity index is 508. The molecule has 2 rings (SSSR count). The van der Waals surface area contributed by atoms with E-state index in [2.05, 4.69) is 0 Å². The van der Waals surface area contributed by atoms with Crippen LogP contribution in [0, 0.1) is 0 Å². The van der Waals surface area contributed by atoms with Crippen LogP contribution in [0.15, 0.2) is 48.3 Å². The summed E-state index contributed by atoms with van der Waals surface area (Å²) in [5, 5.41) is 0. The fraction of sp³-hybridized carbons (Fsp3) is 0.214. The predicted molar refractivity (Wildman–Crippen MR) is 64.3 cm³/mol. The number of methoxy groups -OCH3 is 1. The van der Waals surface area contributed by atoms with Crippen LogP contribution < -0.4 is 0 Å². The van der Waals surface area contributed by atoms with Gasteiger partial charge in [0.25, 0.3) is 0 Å². The summed E-state index contributed by atoms with van der Waals surface area (Å²) >= 11 is 0. The number of halogens is 2. The minimum absolute atomic E-state index is 0.137. The predicted octanol–water partition coefficient (Wildman–Crippen LogP) is 2.86. The largest absolute Gasteiger partial charge is 0.363 e. The fourth-order valence-corrected chi connectivity index (χ4v) is 1.88. The summed E-state index contributed by atoms with van der Waals surface area (Å²) in [5.41, 5.74) is -1.16. The van der Waals surface area contributed by atoms with Gasteiger partial charge in [0.1, 0.15) is 5.83 Å². The number of ether oxygens (including phenoxy) is 1. The van der Waals surface area contributed by atoms with Gasteiger partial charge in [0, 0.05) is 12.7 Å². The maximum absolute atomic E-state index is 14.0. The molecule has 0 heterocycles. The number of carbonyl (C=O) groups excluding carboxylic acids is 1. The number of rotatable bonds is 3. The average Bonchev–Trinajstić information content (AvgIpc) is 2.43. The van der Waals surface area contributed by atoms with Crippen molar-refractivity contribution < 1.29 is 18.3 Å². The third-order valence-electron chi connectivity index (χ3n) is 3.01. The first-order chi connectivity index (χ1) is 8.64. The van der Waals surface area contributed by atoms with Crippen molar-refractivity contribution in [3.05, 3.63) is 53.9 Å². The minimum atomic E-state index is -2.12. The van der Waals surface area contributed by atoms with Gasteiger partial charge in [-0.3, -0.25) is 4.79 Å². The Kier molecular flexibility index (Phi) is 3.39. The van der Waals surface area contributed by atoms with Gasteiger partial charge in [0.15, 0.2) is 18.1 Å².